The fourth-order valence-corrected chi connectivity index (χ4v) is 4.29. The Hall–Kier alpha value is -0.960. The van der Waals surface area contributed by atoms with Crippen molar-refractivity contribution in [2.24, 2.45) is 17.3 Å². The smallest absolute Gasteiger partial charge is 0.136 e. The third-order valence-corrected chi connectivity index (χ3v) is 5.35. The molecule has 0 aromatic carbocycles. The number of hydrogen-bond acceptors (Lipinski definition) is 3. The van der Waals surface area contributed by atoms with Gasteiger partial charge in [-0.25, -0.2) is 0 Å². The first-order valence-corrected chi connectivity index (χ1v) is 6.94. The van der Waals surface area contributed by atoms with Gasteiger partial charge in [-0.1, -0.05) is 18.6 Å². The van der Waals surface area contributed by atoms with Crippen molar-refractivity contribution >= 4 is 11.6 Å². The Kier molecular flexibility index (Phi) is 2.70. The van der Waals surface area contributed by atoms with E-state index < -0.39 is 0 Å². The second-order valence-corrected chi connectivity index (χ2v) is 6.30. The number of carbonyl (C=O) groups excluding carboxylic acids is 2. The molecule has 3 rings (SSSR count). The lowest BCUT2D eigenvalue weighted by Gasteiger charge is -2.52. The maximum atomic E-state index is 12.0. The number of allylic oxidation sites excluding steroid dienone is 2. The lowest BCUT2D eigenvalue weighted by molar-refractivity contribution is -0.138. The molecule has 18 heavy (non-hydrogen) atoms. The van der Waals surface area contributed by atoms with E-state index >= 15 is 0 Å². The molecule has 0 spiro atoms. The maximum absolute atomic E-state index is 12.0. The summed E-state index contributed by atoms with van der Waals surface area (Å²) in [4.78, 5) is 23.6. The highest BCUT2D eigenvalue weighted by Crippen LogP contribution is 2.55. The largest absolute Gasteiger partial charge is 0.393 e. The van der Waals surface area contributed by atoms with Crippen molar-refractivity contribution in [2.45, 2.75) is 51.6 Å². The first-order chi connectivity index (χ1) is 8.52. The van der Waals surface area contributed by atoms with Crippen LogP contribution in [0.2, 0.25) is 0 Å². The Morgan fingerprint density at radius 3 is 2.89 bits per heavy atom. The van der Waals surface area contributed by atoms with Crippen LogP contribution in [0.15, 0.2) is 11.6 Å². The topological polar surface area (TPSA) is 54.4 Å². The molecule has 0 aliphatic heterocycles. The summed E-state index contributed by atoms with van der Waals surface area (Å²) in [6.45, 7) is 2.14. The quantitative estimate of drug-likeness (QED) is 0.667. The highest BCUT2D eigenvalue weighted by atomic mass is 16.3. The minimum atomic E-state index is -0.380. The van der Waals surface area contributed by atoms with E-state index in [-0.39, 0.29) is 23.4 Å². The van der Waals surface area contributed by atoms with Gasteiger partial charge in [-0.15, -0.1) is 0 Å². The van der Waals surface area contributed by atoms with E-state index in [0.29, 0.717) is 37.2 Å². The van der Waals surface area contributed by atoms with Gasteiger partial charge in [-0.05, 0) is 24.7 Å². The molecule has 0 saturated heterocycles. The molecular formula is C15H20O3. The van der Waals surface area contributed by atoms with E-state index in [2.05, 4.69) is 13.0 Å². The molecule has 1 N–H and O–H groups in total. The number of hydrogen-bond donors (Lipinski definition) is 1. The molecule has 2 saturated carbocycles. The molecule has 0 aromatic heterocycles. The maximum Gasteiger partial charge on any atom is 0.136 e. The summed E-state index contributed by atoms with van der Waals surface area (Å²) in [5.41, 5.74) is 1.04. The lowest BCUT2D eigenvalue weighted by Crippen LogP contribution is -2.51. The van der Waals surface area contributed by atoms with Crippen LogP contribution in [0.3, 0.4) is 0 Å². The van der Waals surface area contributed by atoms with Gasteiger partial charge in [0, 0.05) is 31.1 Å². The highest BCUT2D eigenvalue weighted by molar-refractivity contribution is 5.85. The number of Topliss-reactive ketones (excluding diaryl/α,β-unsaturated/α-hetero) is 2. The zero-order valence-corrected chi connectivity index (χ0v) is 10.8. The highest BCUT2D eigenvalue weighted by Gasteiger charge is 2.52. The Bertz CT molecular complexity index is 437. The van der Waals surface area contributed by atoms with E-state index in [1.165, 1.54) is 5.57 Å². The van der Waals surface area contributed by atoms with Crippen LogP contribution in [-0.2, 0) is 9.59 Å². The number of aliphatic hydroxyl groups is 1. The van der Waals surface area contributed by atoms with Gasteiger partial charge in [0.25, 0.3) is 0 Å². The molecule has 3 heteroatoms. The zero-order valence-electron chi connectivity index (χ0n) is 10.8. The molecule has 3 nitrogen and oxygen atoms in total. The van der Waals surface area contributed by atoms with Crippen molar-refractivity contribution in [3.8, 4) is 0 Å². The fourth-order valence-electron chi connectivity index (χ4n) is 4.29. The second-order valence-electron chi connectivity index (χ2n) is 6.30. The summed E-state index contributed by atoms with van der Waals surface area (Å²) in [6, 6.07) is 0. The van der Waals surface area contributed by atoms with Gasteiger partial charge in [-0.3, -0.25) is 9.59 Å². The fraction of sp³-hybridized carbons (Fsp3) is 0.733. The summed E-state index contributed by atoms with van der Waals surface area (Å²) in [5, 5.41) is 10.3. The predicted molar refractivity (Wildman–Crippen MR) is 66.9 cm³/mol. The van der Waals surface area contributed by atoms with Crippen LogP contribution in [-0.4, -0.2) is 22.8 Å². The molecule has 0 bridgehead atoms. The van der Waals surface area contributed by atoms with Crippen molar-refractivity contribution in [3.05, 3.63) is 11.6 Å². The van der Waals surface area contributed by atoms with Crippen LogP contribution in [0.4, 0.5) is 0 Å². The van der Waals surface area contributed by atoms with Gasteiger partial charge in [0.2, 0.25) is 0 Å². The minimum absolute atomic E-state index is 0.0179. The van der Waals surface area contributed by atoms with E-state index in [9.17, 15) is 14.7 Å². The van der Waals surface area contributed by atoms with Gasteiger partial charge < -0.3 is 5.11 Å². The first-order valence-electron chi connectivity index (χ1n) is 6.94. The summed E-state index contributed by atoms with van der Waals surface area (Å²) in [7, 11) is 0. The average molecular weight is 248 g/mol. The summed E-state index contributed by atoms with van der Waals surface area (Å²) in [6.07, 6.45) is 5.47. The third kappa shape index (κ3) is 1.60. The van der Waals surface area contributed by atoms with E-state index in [1.54, 1.807) is 0 Å². The summed E-state index contributed by atoms with van der Waals surface area (Å²) in [5.74, 6) is 0.620. The SMILES string of the molecule is CC12CCC(=O)CC1=CCC1C(=O)CCC(O)C12. The van der Waals surface area contributed by atoms with Crippen LogP contribution in [0.5, 0.6) is 0 Å². The molecule has 3 aliphatic rings. The standard InChI is InChI=1S/C15H20O3/c1-15-7-6-10(16)8-9(15)2-3-11-12(17)4-5-13(18)14(11)15/h2,11,13-14,18H,3-8H2,1H3. The Labute approximate surface area is 107 Å². The van der Waals surface area contributed by atoms with Gasteiger partial charge in [-0.2, -0.15) is 0 Å². The Morgan fingerprint density at radius 1 is 1.33 bits per heavy atom. The van der Waals surface area contributed by atoms with Crippen molar-refractivity contribution in [1.29, 1.82) is 0 Å². The third-order valence-electron chi connectivity index (χ3n) is 5.35. The van der Waals surface area contributed by atoms with Crippen LogP contribution in [0.1, 0.15) is 45.4 Å². The lowest BCUT2D eigenvalue weighted by atomic mass is 9.52. The zero-order chi connectivity index (χ0) is 12.9. The molecule has 0 amide bonds. The summed E-state index contributed by atoms with van der Waals surface area (Å²) >= 11 is 0. The van der Waals surface area contributed by atoms with Crippen molar-refractivity contribution < 1.29 is 14.7 Å². The normalized spacial score (nSPS) is 44.1. The second kappa shape index (κ2) is 4.02. The molecule has 98 valence electrons. The van der Waals surface area contributed by atoms with Crippen LogP contribution >= 0.6 is 0 Å². The van der Waals surface area contributed by atoms with E-state index in [4.69, 9.17) is 0 Å². The van der Waals surface area contributed by atoms with Gasteiger partial charge in [0.05, 0.1) is 6.10 Å². The molecule has 2 fully saturated rings. The molecule has 4 unspecified atom stereocenters. The number of aliphatic hydroxyl groups excluding tert-OH is 1. The average Bonchev–Trinajstić information content (AvgIpc) is 2.34. The van der Waals surface area contributed by atoms with Crippen LogP contribution in [0, 0.1) is 17.3 Å². The van der Waals surface area contributed by atoms with Gasteiger partial charge in [0.1, 0.15) is 11.6 Å². The van der Waals surface area contributed by atoms with Gasteiger partial charge in [0.15, 0.2) is 0 Å². The molecular weight excluding hydrogens is 228 g/mol. The molecule has 0 heterocycles. The van der Waals surface area contributed by atoms with Crippen molar-refractivity contribution in [2.75, 3.05) is 0 Å². The first kappa shape index (κ1) is 12.1. The van der Waals surface area contributed by atoms with Crippen LogP contribution < -0.4 is 0 Å². The predicted octanol–water partition coefficient (Wildman–Crippen LogP) is 2.03. The number of fused-ring (bicyclic) bond motifs is 3. The number of rotatable bonds is 0. The van der Waals surface area contributed by atoms with Crippen molar-refractivity contribution in [3.63, 3.8) is 0 Å². The minimum Gasteiger partial charge on any atom is -0.393 e. The van der Waals surface area contributed by atoms with Crippen molar-refractivity contribution in [1.82, 2.24) is 0 Å². The van der Waals surface area contributed by atoms with E-state index in [1.807, 2.05) is 0 Å². The Morgan fingerprint density at radius 2 is 2.11 bits per heavy atom. The monoisotopic (exact) mass is 248 g/mol. The van der Waals surface area contributed by atoms with Crippen LogP contribution in [0.25, 0.3) is 0 Å². The van der Waals surface area contributed by atoms with E-state index in [0.717, 1.165) is 12.8 Å². The Balaban J connectivity index is 2.01. The molecule has 0 aromatic rings. The van der Waals surface area contributed by atoms with Gasteiger partial charge >= 0.3 is 0 Å². The molecule has 0 radical (unpaired) electrons. The number of carbonyl (C=O) groups is 2. The number of ketones is 2. The molecule has 3 aliphatic carbocycles. The molecule has 4 atom stereocenters. The summed E-state index contributed by atoms with van der Waals surface area (Å²) < 4.78 is 0.